The van der Waals surface area contributed by atoms with E-state index in [9.17, 15) is 19.2 Å². The highest BCUT2D eigenvalue weighted by molar-refractivity contribution is 5.87. The van der Waals surface area contributed by atoms with Crippen LogP contribution in [0.1, 0.15) is 213 Å². The molecule has 0 aliphatic rings. The van der Waals surface area contributed by atoms with Crippen LogP contribution in [0, 0.1) is 0 Å². The Balaban J connectivity index is 4.27. The topological polar surface area (TPSA) is 142 Å². The van der Waals surface area contributed by atoms with Gasteiger partial charge in [-0.2, -0.15) is 0 Å². The third kappa shape index (κ3) is 33.0. The largest absolute Gasteiger partial charge is 0.480 e. The number of carboxylic acids is 1. The molecule has 0 radical (unpaired) electrons. The second-order valence-electron chi connectivity index (χ2n) is 14.4. The predicted octanol–water partition coefficient (Wildman–Crippen LogP) is 9.71. The molecule has 4 N–H and O–H groups in total. The maximum Gasteiger partial charge on any atom is 0.328 e. The van der Waals surface area contributed by atoms with Gasteiger partial charge in [0.05, 0.1) is 13.2 Å². The molecule has 9 heteroatoms. The van der Waals surface area contributed by atoms with Crippen molar-refractivity contribution in [2.24, 2.45) is 0 Å². The zero-order valence-corrected chi connectivity index (χ0v) is 32.4. The van der Waals surface area contributed by atoms with Crippen LogP contribution in [0.25, 0.3) is 0 Å². The fraction of sp³-hybridized carbons (Fsp3) is 0.902. The molecule has 0 aromatic carbocycles. The van der Waals surface area contributed by atoms with E-state index in [1.807, 2.05) is 0 Å². The number of aliphatic hydroxyl groups excluding tert-OH is 1. The molecule has 2 atom stereocenters. The zero-order chi connectivity index (χ0) is 36.9. The molecule has 0 fully saturated rings. The Morgan fingerprint density at radius 3 is 1.30 bits per heavy atom. The lowest BCUT2D eigenvalue weighted by atomic mass is 10.0. The highest BCUT2D eigenvalue weighted by Crippen LogP contribution is 2.19. The number of ether oxygens (including phenoxy) is 1. The number of unbranched alkanes of at least 4 members (excludes halogenated alkanes) is 24. The van der Waals surface area contributed by atoms with Crippen LogP contribution in [-0.4, -0.2) is 59.3 Å². The first kappa shape index (κ1) is 47.8. The molecule has 294 valence electrons. The van der Waals surface area contributed by atoms with Gasteiger partial charge in [-0.15, -0.1) is 0 Å². The molecule has 0 saturated carbocycles. The van der Waals surface area contributed by atoms with E-state index in [1.54, 1.807) is 0 Å². The minimum atomic E-state index is -1.38. The van der Waals surface area contributed by atoms with Crippen molar-refractivity contribution in [1.29, 1.82) is 0 Å². The lowest BCUT2D eigenvalue weighted by Gasteiger charge is -2.18. The SMILES string of the molecule is CCCCCCCCCCCCCCC(CCCCCCCC(=O)NCC(=O)NC(CO)C(=O)O)OC(=O)CCCCCCCCCCCC. The van der Waals surface area contributed by atoms with Crippen LogP contribution in [-0.2, 0) is 23.9 Å². The van der Waals surface area contributed by atoms with Crippen LogP contribution in [0.2, 0.25) is 0 Å². The summed E-state index contributed by atoms with van der Waals surface area (Å²) in [6.07, 6.45) is 35.5. The number of carbonyl (C=O) groups excluding carboxylic acids is 3. The van der Waals surface area contributed by atoms with Gasteiger partial charge < -0.3 is 25.6 Å². The van der Waals surface area contributed by atoms with Crippen molar-refractivity contribution in [3.63, 3.8) is 0 Å². The van der Waals surface area contributed by atoms with Gasteiger partial charge in [-0.25, -0.2) is 4.79 Å². The van der Waals surface area contributed by atoms with Crippen LogP contribution in [0.4, 0.5) is 0 Å². The minimum absolute atomic E-state index is 0.00257. The van der Waals surface area contributed by atoms with E-state index < -0.39 is 24.5 Å². The minimum Gasteiger partial charge on any atom is -0.480 e. The molecular formula is C41H78N2O7. The second kappa shape index (κ2) is 36.6. The van der Waals surface area contributed by atoms with Gasteiger partial charge in [-0.1, -0.05) is 162 Å². The predicted molar refractivity (Wildman–Crippen MR) is 204 cm³/mol. The van der Waals surface area contributed by atoms with Gasteiger partial charge in [0.25, 0.3) is 0 Å². The molecule has 2 unspecified atom stereocenters. The zero-order valence-electron chi connectivity index (χ0n) is 32.4. The molecule has 50 heavy (non-hydrogen) atoms. The summed E-state index contributed by atoms with van der Waals surface area (Å²) in [6.45, 7) is 3.49. The number of hydrogen-bond acceptors (Lipinski definition) is 6. The van der Waals surface area contributed by atoms with Gasteiger partial charge in [-0.3, -0.25) is 14.4 Å². The molecule has 0 aromatic heterocycles. The van der Waals surface area contributed by atoms with Gasteiger partial charge in [-0.05, 0) is 38.5 Å². The molecule has 0 saturated heterocycles. The third-order valence-corrected chi connectivity index (χ3v) is 9.60. The van der Waals surface area contributed by atoms with Crippen molar-refractivity contribution >= 4 is 23.8 Å². The Hall–Kier alpha value is -2.16. The number of esters is 1. The van der Waals surface area contributed by atoms with E-state index in [4.69, 9.17) is 14.9 Å². The van der Waals surface area contributed by atoms with E-state index in [-0.39, 0.29) is 24.5 Å². The van der Waals surface area contributed by atoms with Crippen LogP contribution in [0.3, 0.4) is 0 Å². The van der Waals surface area contributed by atoms with E-state index in [0.717, 1.165) is 57.8 Å². The molecule has 0 aromatic rings. The standard InChI is InChI=1S/C41H78N2O7/c1-3-5-7-9-11-13-15-16-17-19-22-26-30-36(50-40(47)33-29-25-20-18-14-12-10-8-6-4-2)31-27-23-21-24-28-32-38(45)42-34-39(46)43-37(35-44)41(48)49/h36-37,44H,3-35H2,1-2H3,(H,42,45)(H,43,46)(H,48,49). The molecule has 0 aliphatic heterocycles. The molecule has 0 rings (SSSR count). The molecule has 0 spiro atoms. The Labute approximate surface area is 306 Å². The van der Waals surface area contributed by atoms with Crippen molar-refractivity contribution in [3.05, 3.63) is 0 Å². The fourth-order valence-corrected chi connectivity index (χ4v) is 6.36. The number of hydrogen-bond donors (Lipinski definition) is 4. The summed E-state index contributed by atoms with van der Waals surface area (Å²) in [5.74, 6) is -2.27. The first-order valence-corrected chi connectivity index (χ1v) is 20.9. The van der Waals surface area contributed by atoms with Crippen molar-refractivity contribution in [2.75, 3.05) is 13.2 Å². The highest BCUT2D eigenvalue weighted by atomic mass is 16.5. The molecular weight excluding hydrogens is 632 g/mol. The first-order valence-electron chi connectivity index (χ1n) is 20.9. The summed E-state index contributed by atoms with van der Waals surface area (Å²) in [5.41, 5.74) is 0. The summed E-state index contributed by atoms with van der Waals surface area (Å²) >= 11 is 0. The van der Waals surface area contributed by atoms with Gasteiger partial charge in [0.2, 0.25) is 11.8 Å². The van der Waals surface area contributed by atoms with Gasteiger partial charge in [0, 0.05) is 12.8 Å². The van der Waals surface area contributed by atoms with Gasteiger partial charge in [0.1, 0.15) is 12.1 Å². The molecule has 0 bridgehead atoms. The van der Waals surface area contributed by atoms with Crippen molar-refractivity contribution in [1.82, 2.24) is 10.6 Å². The average Bonchev–Trinajstić information content (AvgIpc) is 3.10. The Morgan fingerprint density at radius 2 is 0.900 bits per heavy atom. The van der Waals surface area contributed by atoms with Crippen LogP contribution >= 0.6 is 0 Å². The summed E-state index contributed by atoms with van der Waals surface area (Å²) in [7, 11) is 0. The Morgan fingerprint density at radius 1 is 0.520 bits per heavy atom. The Bertz CT molecular complexity index is 823. The summed E-state index contributed by atoms with van der Waals surface area (Å²) in [4.78, 5) is 47.4. The number of aliphatic carboxylic acids is 1. The number of amides is 2. The van der Waals surface area contributed by atoms with Gasteiger partial charge >= 0.3 is 11.9 Å². The first-order chi connectivity index (χ1) is 24.3. The smallest absolute Gasteiger partial charge is 0.328 e. The number of nitrogens with one attached hydrogen (secondary N) is 2. The summed E-state index contributed by atoms with van der Waals surface area (Å²) < 4.78 is 6.01. The summed E-state index contributed by atoms with van der Waals surface area (Å²) in [5, 5.41) is 22.5. The molecule has 0 heterocycles. The monoisotopic (exact) mass is 711 g/mol. The highest BCUT2D eigenvalue weighted by Gasteiger charge is 2.19. The maximum absolute atomic E-state index is 12.7. The van der Waals surface area contributed by atoms with E-state index in [0.29, 0.717) is 19.3 Å². The van der Waals surface area contributed by atoms with Gasteiger partial charge in [0.15, 0.2) is 0 Å². The number of rotatable bonds is 38. The number of aliphatic hydroxyl groups is 1. The van der Waals surface area contributed by atoms with E-state index in [2.05, 4.69) is 24.5 Å². The number of carboxylic acid groups (broad SMARTS) is 1. The van der Waals surface area contributed by atoms with Crippen molar-refractivity contribution < 1.29 is 34.1 Å². The van der Waals surface area contributed by atoms with Crippen LogP contribution in [0.5, 0.6) is 0 Å². The third-order valence-electron chi connectivity index (χ3n) is 9.60. The summed E-state index contributed by atoms with van der Waals surface area (Å²) in [6, 6.07) is -1.38. The molecule has 2 amide bonds. The normalized spacial score (nSPS) is 12.4. The average molecular weight is 711 g/mol. The van der Waals surface area contributed by atoms with E-state index >= 15 is 0 Å². The lowest BCUT2D eigenvalue weighted by molar-refractivity contribution is -0.150. The molecule has 9 nitrogen and oxygen atoms in total. The Kier molecular flexibility index (Phi) is 35.0. The quantitative estimate of drug-likeness (QED) is 0.0369. The maximum atomic E-state index is 12.7. The van der Waals surface area contributed by atoms with E-state index in [1.165, 1.54) is 122 Å². The second-order valence-corrected chi connectivity index (χ2v) is 14.4. The molecule has 0 aliphatic carbocycles. The number of carbonyl (C=O) groups is 4. The van der Waals surface area contributed by atoms with Crippen molar-refractivity contribution in [2.45, 2.75) is 225 Å². The van der Waals surface area contributed by atoms with Crippen LogP contribution in [0.15, 0.2) is 0 Å². The fourth-order valence-electron chi connectivity index (χ4n) is 6.36. The lowest BCUT2D eigenvalue weighted by Crippen LogP contribution is -2.47. The van der Waals surface area contributed by atoms with Crippen LogP contribution < -0.4 is 10.6 Å². The van der Waals surface area contributed by atoms with Crippen molar-refractivity contribution in [3.8, 4) is 0 Å².